The van der Waals surface area contributed by atoms with Crippen LogP contribution in [0.15, 0.2) is 0 Å². The molecule has 0 saturated heterocycles. The van der Waals surface area contributed by atoms with Crippen molar-refractivity contribution in [1.82, 2.24) is 15.5 Å². The summed E-state index contributed by atoms with van der Waals surface area (Å²) in [7, 11) is 0. The molecule has 1 atom stereocenters. The summed E-state index contributed by atoms with van der Waals surface area (Å²) in [6.07, 6.45) is 6.26. The van der Waals surface area contributed by atoms with Crippen LogP contribution in [0.1, 0.15) is 67.9 Å². The Bertz CT molecular complexity index is 320. The van der Waals surface area contributed by atoms with E-state index >= 15 is 0 Å². The second-order valence-electron chi connectivity index (χ2n) is 4.52. The third kappa shape index (κ3) is 2.61. The van der Waals surface area contributed by atoms with Crippen LogP contribution in [0.4, 0.5) is 0 Å². The summed E-state index contributed by atoms with van der Waals surface area (Å²) < 4.78 is 0. The van der Waals surface area contributed by atoms with E-state index in [1.807, 2.05) is 11.3 Å². The van der Waals surface area contributed by atoms with Gasteiger partial charge in [-0.15, -0.1) is 10.2 Å². The van der Waals surface area contributed by atoms with Crippen molar-refractivity contribution >= 4 is 11.3 Å². The van der Waals surface area contributed by atoms with Gasteiger partial charge < -0.3 is 5.32 Å². The second kappa shape index (κ2) is 5.73. The summed E-state index contributed by atoms with van der Waals surface area (Å²) in [5.41, 5.74) is 0. The molecule has 0 aliphatic heterocycles. The van der Waals surface area contributed by atoms with Crippen LogP contribution < -0.4 is 5.32 Å². The minimum Gasteiger partial charge on any atom is -0.308 e. The standard InChI is InChI=1S/C12H21N3S/c1-3-8-13-10(4-2)12-15-14-11(16-12)9-6-5-7-9/h9-10,13H,3-8H2,1-2H3. The molecule has 0 amide bonds. The van der Waals surface area contributed by atoms with Crippen LogP contribution in [0, 0.1) is 0 Å². The maximum absolute atomic E-state index is 4.35. The van der Waals surface area contributed by atoms with Crippen LogP contribution in [0.25, 0.3) is 0 Å². The zero-order valence-electron chi connectivity index (χ0n) is 10.2. The smallest absolute Gasteiger partial charge is 0.134 e. The molecule has 2 rings (SSSR count). The Hall–Kier alpha value is -0.480. The van der Waals surface area contributed by atoms with Crippen LogP contribution >= 0.6 is 11.3 Å². The predicted octanol–water partition coefficient (Wildman–Crippen LogP) is 3.26. The normalized spacial score (nSPS) is 18.4. The highest BCUT2D eigenvalue weighted by molar-refractivity contribution is 7.11. The number of nitrogens with zero attached hydrogens (tertiary/aromatic N) is 2. The minimum atomic E-state index is 0.409. The van der Waals surface area contributed by atoms with Gasteiger partial charge in [0.25, 0.3) is 0 Å². The van der Waals surface area contributed by atoms with Crippen molar-refractivity contribution in [2.45, 2.75) is 57.9 Å². The molecule has 16 heavy (non-hydrogen) atoms. The molecular weight excluding hydrogens is 218 g/mol. The molecule has 0 bridgehead atoms. The van der Waals surface area contributed by atoms with Gasteiger partial charge in [-0.2, -0.15) is 0 Å². The van der Waals surface area contributed by atoms with E-state index in [0.29, 0.717) is 6.04 Å². The van der Waals surface area contributed by atoms with E-state index in [1.165, 1.54) is 35.7 Å². The highest BCUT2D eigenvalue weighted by Gasteiger charge is 2.24. The highest BCUT2D eigenvalue weighted by Crippen LogP contribution is 2.38. The number of hydrogen-bond donors (Lipinski definition) is 1. The molecule has 0 radical (unpaired) electrons. The number of hydrogen-bond acceptors (Lipinski definition) is 4. The third-order valence-corrected chi connectivity index (χ3v) is 4.46. The molecule has 1 aliphatic rings. The lowest BCUT2D eigenvalue weighted by Crippen LogP contribution is -2.21. The van der Waals surface area contributed by atoms with Crippen molar-refractivity contribution in [3.63, 3.8) is 0 Å². The Labute approximate surface area is 102 Å². The quantitative estimate of drug-likeness (QED) is 0.828. The first-order chi connectivity index (χ1) is 7.85. The van der Waals surface area contributed by atoms with Crippen molar-refractivity contribution in [3.05, 3.63) is 10.0 Å². The molecule has 3 nitrogen and oxygen atoms in total. The van der Waals surface area contributed by atoms with E-state index < -0.39 is 0 Å². The van der Waals surface area contributed by atoms with Crippen LogP contribution in [-0.4, -0.2) is 16.7 Å². The summed E-state index contributed by atoms with van der Waals surface area (Å²) >= 11 is 1.82. The Morgan fingerprint density at radius 2 is 2.19 bits per heavy atom. The molecule has 1 N–H and O–H groups in total. The molecule has 1 aromatic heterocycles. The zero-order valence-corrected chi connectivity index (χ0v) is 11.0. The van der Waals surface area contributed by atoms with Crippen molar-refractivity contribution in [1.29, 1.82) is 0 Å². The van der Waals surface area contributed by atoms with Crippen molar-refractivity contribution < 1.29 is 0 Å². The zero-order chi connectivity index (χ0) is 11.4. The summed E-state index contributed by atoms with van der Waals surface area (Å²) in [5.74, 6) is 0.718. The van der Waals surface area contributed by atoms with Gasteiger partial charge in [-0.05, 0) is 32.2 Å². The Balaban J connectivity index is 1.97. The lowest BCUT2D eigenvalue weighted by atomic mass is 9.86. The molecule has 0 aromatic carbocycles. The fraction of sp³-hybridized carbons (Fsp3) is 0.833. The van der Waals surface area contributed by atoms with Gasteiger partial charge in [0.05, 0.1) is 6.04 Å². The molecule has 1 aliphatic carbocycles. The molecule has 1 aromatic rings. The van der Waals surface area contributed by atoms with Gasteiger partial charge in [0, 0.05) is 5.92 Å². The van der Waals surface area contributed by atoms with E-state index in [0.717, 1.165) is 18.9 Å². The van der Waals surface area contributed by atoms with Gasteiger partial charge in [-0.1, -0.05) is 31.6 Å². The summed E-state index contributed by atoms with van der Waals surface area (Å²) in [4.78, 5) is 0. The van der Waals surface area contributed by atoms with Crippen LogP contribution in [0.5, 0.6) is 0 Å². The Morgan fingerprint density at radius 1 is 1.38 bits per heavy atom. The van der Waals surface area contributed by atoms with Crippen LogP contribution in [-0.2, 0) is 0 Å². The first-order valence-electron chi connectivity index (χ1n) is 6.41. The number of rotatable bonds is 6. The maximum atomic E-state index is 4.35. The van der Waals surface area contributed by atoms with Gasteiger partial charge in [0.1, 0.15) is 10.0 Å². The molecule has 1 saturated carbocycles. The monoisotopic (exact) mass is 239 g/mol. The largest absolute Gasteiger partial charge is 0.308 e. The van der Waals surface area contributed by atoms with Crippen LogP contribution in [0.3, 0.4) is 0 Å². The van der Waals surface area contributed by atoms with Crippen LogP contribution in [0.2, 0.25) is 0 Å². The SMILES string of the molecule is CCCNC(CC)c1nnc(C2CCC2)s1. The highest BCUT2D eigenvalue weighted by atomic mass is 32.1. The predicted molar refractivity (Wildman–Crippen MR) is 67.8 cm³/mol. The number of nitrogens with one attached hydrogen (secondary N) is 1. The lowest BCUT2D eigenvalue weighted by Gasteiger charge is -2.22. The first-order valence-corrected chi connectivity index (χ1v) is 7.23. The second-order valence-corrected chi connectivity index (χ2v) is 5.56. The average molecular weight is 239 g/mol. The Kier molecular flexibility index (Phi) is 4.29. The average Bonchev–Trinajstić information content (AvgIpc) is 2.66. The fourth-order valence-corrected chi connectivity index (χ4v) is 3.10. The molecule has 0 spiro atoms. The third-order valence-electron chi connectivity index (χ3n) is 3.26. The fourth-order valence-electron chi connectivity index (χ4n) is 1.93. The van der Waals surface area contributed by atoms with Gasteiger partial charge in [0.2, 0.25) is 0 Å². The summed E-state index contributed by atoms with van der Waals surface area (Å²) in [5, 5.41) is 14.7. The van der Waals surface area contributed by atoms with E-state index in [9.17, 15) is 0 Å². The molecule has 1 fully saturated rings. The van der Waals surface area contributed by atoms with Crippen molar-refractivity contribution in [2.75, 3.05) is 6.54 Å². The molecule has 4 heteroatoms. The van der Waals surface area contributed by atoms with E-state index in [-0.39, 0.29) is 0 Å². The lowest BCUT2D eigenvalue weighted by molar-refractivity contribution is 0.416. The van der Waals surface area contributed by atoms with Crippen molar-refractivity contribution in [2.24, 2.45) is 0 Å². The molecule has 90 valence electrons. The topological polar surface area (TPSA) is 37.8 Å². The van der Waals surface area contributed by atoms with Gasteiger partial charge >= 0.3 is 0 Å². The van der Waals surface area contributed by atoms with E-state index in [4.69, 9.17) is 0 Å². The van der Waals surface area contributed by atoms with Gasteiger partial charge in [-0.25, -0.2) is 0 Å². The molecule has 1 unspecified atom stereocenters. The van der Waals surface area contributed by atoms with Crippen molar-refractivity contribution in [3.8, 4) is 0 Å². The maximum Gasteiger partial charge on any atom is 0.134 e. The van der Waals surface area contributed by atoms with Gasteiger partial charge in [0.15, 0.2) is 0 Å². The van der Waals surface area contributed by atoms with E-state index in [1.54, 1.807) is 0 Å². The van der Waals surface area contributed by atoms with E-state index in [2.05, 4.69) is 29.4 Å². The first kappa shape index (κ1) is 12.0. The number of aromatic nitrogens is 2. The summed E-state index contributed by atoms with van der Waals surface area (Å²) in [6, 6.07) is 0.409. The summed E-state index contributed by atoms with van der Waals surface area (Å²) in [6.45, 7) is 5.47. The molecule has 1 heterocycles. The minimum absolute atomic E-state index is 0.409. The van der Waals surface area contributed by atoms with Gasteiger partial charge in [-0.3, -0.25) is 0 Å². The molecular formula is C12H21N3S. The Morgan fingerprint density at radius 3 is 2.75 bits per heavy atom.